The molecule has 15 heteroatoms. The highest BCUT2D eigenvalue weighted by Gasteiger charge is 2.47. The summed E-state index contributed by atoms with van der Waals surface area (Å²) >= 11 is -1.66. The molecule has 4 rings (SSSR count). The Morgan fingerprint density at radius 2 is 1.51 bits per heavy atom. The van der Waals surface area contributed by atoms with Gasteiger partial charge in [-0.3, -0.25) is 33.6 Å². The van der Waals surface area contributed by atoms with E-state index in [9.17, 15) is 32.1 Å². The number of aryl methyl sites for hydroxylation is 1. The summed E-state index contributed by atoms with van der Waals surface area (Å²) in [6, 6.07) is 9.70. The number of piperidine rings is 1. The number of ether oxygens (including phenoxy) is 3. The Labute approximate surface area is 252 Å². The second-order valence-corrected chi connectivity index (χ2v) is 12.8. The molecule has 0 aromatic heterocycles. The lowest BCUT2D eigenvalue weighted by Crippen LogP contribution is -2.54. The summed E-state index contributed by atoms with van der Waals surface area (Å²) in [5.41, 5.74) is 1.00. The topological polar surface area (TPSA) is 178 Å². The number of imide groups is 2. The van der Waals surface area contributed by atoms with Gasteiger partial charge in [-0.1, -0.05) is 23.8 Å². The molecule has 0 spiro atoms. The fourth-order valence-corrected chi connectivity index (χ4v) is 6.47. The minimum atomic E-state index is -3.84. The van der Waals surface area contributed by atoms with Crippen LogP contribution in [-0.4, -0.2) is 99.5 Å². The zero-order valence-corrected chi connectivity index (χ0v) is 25.1. The van der Waals surface area contributed by atoms with Crippen LogP contribution in [0.5, 0.6) is 0 Å². The van der Waals surface area contributed by atoms with Crippen LogP contribution in [0, 0.1) is 6.92 Å². The van der Waals surface area contributed by atoms with E-state index in [1.807, 2.05) is 6.92 Å². The summed E-state index contributed by atoms with van der Waals surface area (Å²) in [5, 5.41) is 2.14. The lowest BCUT2D eigenvalue weighted by Gasteiger charge is -2.27. The first-order valence-electron chi connectivity index (χ1n) is 13.5. The predicted octanol–water partition coefficient (Wildman–Crippen LogP) is 0.959. The van der Waals surface area contributed by atoms with E-state index in [0.29, 0.717) is 0 Å². The van der Waals surface area contributed by atoms with Crippen molar-refractivity contribution in [1.82, 2.24) is 10.2 Å². The standard InChI is InChI=1S/C28H32N2O11S2/c1-19-5-7-20(8-6-19)43(36,37)41-16-15-39-12-11-38-13-14-40-17-18-42(35)23-4-2-3-21-25(23)28(34)30(27(21)33)22-9-10-24(31)29-26(22)32/h2-8,22H,9-18H2,1H3,(H,29,31,32). The third kappa shape index (κ3) is 8.26. The summed E-state index contributed by atoms with van der Waals surface area (Å²) in [6.07, 6.45) is 0.0386. The number of amides is 4. The largest absolute Gasteiger partial charge is 0.611 e. The van der Waals surface area contributed by atoms with Crippen LogP contribution in [0.1, 0.15) is 39.1 Å². The number of carbonyl (C=O) groups is 4. The second-order valence-electron chi connectivity index (χ2n) is 9.60. The van der Waals surface area contributed by atoms with Crippen LogP contribution in [0.3, 0.4) is 0 Å². The molecule has 2 aromatic carbocycles. The number of hydrogen-bond donors (Lipinski definition) is 1. The van der Waals surface area contributed by atoms with Gasteiger partial charge in [0.25, 0.3) is 21.9 Å². The molecule has 43 heavy (non-hydrogen) atoms. The molecule has 1 N–H and O–H groups in total. The molecule has 0 radical (unpaired) electrons. The Morgan fingerprint density at radius 1 is 0.884 bits per heavy atom. The maximum Gasteiger partial charge on any atom is 0.297 e. The van der Waals surface area contributed by atoms with E-state index in [0.717, 1.165) is 10.5 Å². The molecule has 13 nitrogen and oxygen atoms in total. The number of benzene rings is 2. The van der Waals surface area contributed by atoms with Gasteiger partial charge >= 0.3 is 0 Å². The van der Waals surface area contributed by atoms with Crippen LogP contribution in [0.2, 0.25) is 0 Å². The molecule has 1 fully saturated rings. The second kappa shape index (κ2) is 15.0. The molecule has 2 heterocycles. The molecule has 0 bridgehead atoms. The fourth-order valence-electron chi connectivity index (χ4n) is 4.44. The van der Waals surface area contributed by atoms with Crippen LogP contribution in [0.4, 0.5) is 0 Å². The van der Waals surface area contributed by atoms with Crippen molar-refractivity contribution in [1.29, 1.82) is 0 Å². The Balaban J connectivity index is 1.11. The number of nitrogens with one attached hydrogen (secondary N) is 1. The third-order valence-electron chi connectivity index (χ3n) is 6.61. The van der Waals surface area contributed by atoms with Gasteiger partial charge in [0.05, 0.1) is 56.7 Å². The van der Waals surface area contributed by atoms with Gasteiger partial charge in [0.1, 0.15) is 17.4 Å². The number of fused-ring (bicyclic) bond motifs is 1. The zero-order valence-electron chi connectivity index (χ0n) is 23.4. The van der Waals surface area contributed by atoms with Crippen LogP contribution in [0.15, 0.2) is 52.3 Å². The highest BCUT2D eigenvalue weighted by molar-refractivity contribution is 7.91. The SMILES string of the molecule is Cc1ccc(S(=O)(=O)OCCOCCOCCOCC[S+]([O-])c2cccc3c2C(=O)N(C2CCC(=O)NC2=O)C3=O)cc1. The van der Waals surface area contributed by atoms with E-state index in [4.69, 9.17) is 18.4 Å². The summed E-state index contributed by atoms with van der Waals surface area (Å²) in [4.78, 5) is 50.9. The molecular weight excluding hydrogens is 604 g/mol. The quantitative estimate of drug-likeness (QED) is 0.120. The van der Waals surface area contributed by atoms with Crippen molar-refractivity contribution in [2.24, 2.45) is 0 Å². The van der Waals surface area contributed by atoms with Gasteiger partial charge in [-0.05, 0) is 48.8 Å². The molecule has 2 aliphatic rings. The van der Waals surface area contributed by atoms with Crippen LogP contribution < -0.4 is 5.32 Å². The molecule has 1 saturated heterocycles. The summed E-state index contributed by atoms with van der Waals surface area (Å²) in [6.45, 7) is 2.81. The summed E-state index contributed by atoms with van der Waals surface area (Å²) in [5.74, 6) is -2.49. The van der Waals surface area contributed by atoms with Crippen molar-refractivity contribution in [3.63, 3.8) is 0 Å². The van der Waals surface area contributed by atoms with Gasteiger partial charge in [0.15, 0.2) is 4.90 Å². The highest BCUT2D eigenvalue weighted by atomic mass is 32.2. The Morgan fingerprint density at radius 3 is 2.16 bits per heavy atom. The van der Waals surface area contributed by atoms with Crippen molar-refractivity contribution >= 4 is 44.9 Å². The van der Waals surface area contributed by atoms with Crippen molar-refractivity contribution in [2.45, 2.75) is 35.6 Å². The van der Waals surface area contributed by atoms with Gasteiger partial charge < -0.3 is 18.8 Å². The van der Waals surface area contributed by atoms with E-state index in [1.54, 1.807) is 12.1 Å². The Hall–Kier alpha value is -3.18. The third-order valence-corrected chi connectivity index (χ3v) is 9.30. The number of rotatable bonds is 16. The zero-order chi connectivity index (χ0) is 31.0. The Bertz CT molecular complexity index is 1450. The molecule has 4 amide bonds. The van der Waals surface area contributed by atoms with Gasteiger partial charge in [-0.2, -0.15) is 8.42 Å². The summed E-state index contributed by atoms with van der Waals surface area (Å²) in [7, 11) is -3.84. The molecule has 2 aliphatic heterocycles. The van der Waals surface area contributed by atoms with Gasteiger partial charge in [0, 0.05) is 6.42 Å². The first-order chi connectivity index (χ1) is 20.6. The molecule has 2 atom stereocenters. The minimum absolute atomic E-state index is 0.00276. The average Bonchev–Trinajstić information content (AvgIpc) is 3.23. The van der Waals surface area contributed by atoms with E-state index in [2.05, 4.69) is 5.32 Å². The number of hydrogen-bond acceptors (Lipinski definition) is 11. The molecule has 2 aromatic rings. The average molecular weight is 637 g/mol. The normalized spacial score (nSPS) is 17.7. The van der Waals surface area contributed by atoms with E-state index < -0.39 is 51.0 Å². The van der Waals surface area contributed by atoms with Crippen LogP contribution in [0.25, 0.3) is 0 Å². The Kier molecular flexibility index (Phi) is 11.4. The van der Waals surface area contributed by atoms with E-state index >= 15 is 0 Å². The lowest BCUT2D eigenvalue weighted by atomic mass is 10.0. The summed E-state index contributed by atoms with van der Waals surface area (Å²) < 4.78 is 58.3. The van der Waals surface area contributed by atoms with Crippen molar-refractivity contribution in [3.05, 3.63) is 59.2 Å². The lowest BCUT2D eigenvalue weighted by molar-refractivity contribution is -0.136. The molecule has 0 saturated carbocycles. The van der Waals surface area contributed by atoms with Gasteiger partial charge in [0.2, 0.25) is 11.8 Å². The molecule has 2 unspecified atom stereocenters. The number of carbonyl (C=O) groups excluding carboxylic acids is 4. The minimum Gasteiger partial charge on any atom is -0.611 e. The maximum atomic E-state index is 13.1. The molecule has 0 aliphatic carbocycles. The molecule has 232 valence electrons. The molecular formula is C28H32N2O11S2. The smallest absolute Gasteiger partial charge is 0.297 e. The first-order valence-corrected chi connectivity index (χ1v) is 16.2. The maximum absolute atomic E-state index is 13.1. The van der Waals surface area contributed by atoms with Gasteiger partial charge in [-0.15, -0.1) is 0 Å². The monoisotopic (exact) mass is 636 g/mol. The van der Waals surface area contributed by atoms with E-state index in [-0.39, 0.29) is 85.8 Å². The first kappa shape index (κ1) is 32.7. The van der Waals surface area contributed by atoms with E-state index in [1.165, 1.54) is 30.3 Å². The van der Waals surface area contributed by atoms with Crippen molar-refractivity contribution < 1.29 is 50.5 Å². The van der Waals surface area contributed by atoms with Crippen LogP contribution >= 0.6 is 0 Å². The van der Waals surface area contributed by atoms with Gasteiger partial charge in [-0.25, -0.2) is 0 Å². The van der Waals surface area contributed by atoms with Crippen molar-refractivity contribution in [2.75, 3.05) is 52.0 Å². The highest BCUT2D eigenvalue weighted by Crippen LogP contribution is 2.32. The van der Waals surface area contributed by atoms with Crippen LogP contribution in [-0.2, 0) is 49.3 Å². The number of nitrogens with zero attached hydrogens (tertiary/aromatic N) is 1. The fraction of sp³-hybridized carbons (Fsp3) is 0.429. The predicted molar refractivity (Wildman–Crippen MR) is 151 cm³/mol. The van der Waals surface area contributed by atoms with Crippen molar-refractivity contribution in [3.8, 4) is 0 Å².